The molecule has 0 aromatic heterocycles. The van der Waals surface area contributed by atoms with Gasteiger partial charge in [0.05, 0.1) is 18.1 Å². The number of carbonyl (C=O) groups is 1. The van der Waals surface area contributed by atoms with Gasteiger partial charge < -0.3 is 9.64 Å². The van der Waals surface area contributed by atoms with E-state index in [1.165, 1.54) is 10.4 Å². The van der Waals surface area contributed by atoms with Crippen LogP contribution in [-0.2, 0) is 14.8 Å². The Morgan fingerprint density at radius 2 is 1.88 bits per heavy atom. The van der Waals surface area contributed by atoms with Crippen LogP contribution in [0.5, 0.6) is 0 Å². The summed E-state index contributed by atoms with van der Waals surface area (Å²) in [6, 6.07) is 6.40. The maximum absolute atomic E-state index is 12.8. The van der Waals surface area contributed by atoms with Gasteiger partial charge in [-0.2, -0.15) is 4.31 Å². The quantitative estimate of drug-likeness (QED) is 0.772. The van der Waals surface area contributed by atoms with Crippen LogP contribution in [0.4, 0.5) is 0 Å². The third-order valence-electron chi connectivity index (χ3n) is 4.48. The number of nitrogens with zero attached hydrogens (tertiary/aromatic N) is 2. The summed E-state index contributed by atoms with van der Waals surface area (Å²) in [5, 5.41) is 0. The van der Waals surface area contributed by atoms with Crippen molar-refractivity contribution in [2.75, 3.05) is 33.4 Å². The second kappa shape index (κ2) is 8.29. The molecule has 1 aromatic carbocycles. The highest BCUT2D eigenvalue weighted by Gasteiger charge is 2.27. The van der Waals surface area contributed by atoms with Gasteiger partial charge in [0.2, 0.25) is 10.0 Å². The topological polar surface area (TPSA) is 66.9 Å². The predicted octanol–water partition coefficient (Wildman–Crippen LogP) is 2.21. The fourth-order valence-electron chi connectivity index (χ4n) is 2.97. The van der Waals surface area contributed by atoms with Crippen molar-refractivity contribution in [1.82, 2.24) is 9.21 Å². The molecule has 2 rings (SSSR count). The minimum Gasteiger partial charge on any atom is -0.379 e. The molecule has 0 radical (unpaired) electrons. The number of sulfonamides is 1. The van der Waals surface area contributed by atoms with Crippen LogP contribution in [-0.4, -0.2) is 62.9 Å². The minimum absolute atomic E-state index is 0.0898. The number of rotatable bonds is 6. The van der Waals surface area contributed by atoms with Gasteiger partial charge in [-0.25, -0.2) is 8.42 Å². The first-order valence-electron chi connectivity index (χ1n) is 8.68. The Bertz CT molecular complexity index is 697. The molecule has 1 aliphatic heterocycles. The first-order valence-corrected chi connectivity index (χ1v) is 10.1. The minimum atomic E-state index is -3.60. The largest absolute Gasteiger partial charge is 0.379 e. The normalized spacial score (nSPS) is 17.5. The number of morpholine rings is 1. The molecule has 1 heterocycles. The summed E-state index contributed by atoms with van der Waals surface area (Å²) in [6.07, 6.45) is 0.897. The summed E-state index contributed by atoms with van der Waals surface area (Å²) in [4.78, 5) is 14.6. The van der Waals surface area contributed by atoms with Gasteiger partial charge >= 0.3 is 0 Å². The molecular formula is C18H28N2O4S. The third kappa shape index (κ3) is 4.80. The number of amides is 1. The average Bonchev–Trinajstić information content (AvgIpc) is 2.60. The molecule has 0 spiro atoms. The monoisotopic (exact) mass is 368 g/mol. The van der Waals surface area contributed by atoms with Crippen LogP contribution >= 0.6 is 0 Å². The SMILES string of the molecule is CC(C)C[C@@H](C)N(C)C(=O)c1cccc(S(=O)(=O)N2CCOCC2)c1. The molecular weight excluding hydrogens is 340 g/mol. The summed E-state index contributed by atoms with van der Waals surface area (Å²) in [5.74, 6) is 0.325. The number of hydrogen-bond acceptors (Lipinski definition) is 4. The molecule has 0 N–H and O–H groups in total. The van der Waals surface area contributed by atoms with Crippen molar-refractivity contribution in [2.24, 2.45) is 5.92 Å². The molecule has 0 saturated carbocycles. The average molecular weight is 368 g/mol. The van der Waals surface area contributed by atoms with Crippen molar-refractivity contribution in [3.63, 3.8) is 0 Å². The lowest BCUT2D eigenvalue weighted by atomic mass is 10.0. The first-order chi connectivity index (χ1) is 11.7. The van der Waals surface area contributed by atoms with E-state index < -0.39 is 10.0 Å². The summed E-state index contributed by atoms with van der Waals surface area (Å²) >= 11 is 0. The van der Waals surface area contributed by atoms with Crippen molar-refractivity contribution in [3.05, 3.63) is 29.8 Å². The molecule has 1 aliphatic rings. The molecule has 0 bridgehead atoms. The molecule has 7 heteroatoms. The number of hydrogen-bond donors (Lipinski definition) is 0. The lowest BCUT2D eigenvalue weighted by Gasteiger charge is -2.27. The first kappa shape index (κ1) is 19.9. The fourth-order valence-corrected chi connectivity index (χ4v) is 4.42. The Balaban J connectivity index is 2.21. The number of benzene rings is 1. The van der Waals surface area contributed by atoms with Crippen LogP contribution in [0.1, 0.15) is 37.6 Å². The van der Waals surface area contributed by atoms with Crippen molar-refractivity contribution >= 4 is 15.9 Å². The second-order valence-corrected chi connectivity index (χ2v) is 8.88. The highest BCUT2D eigenvalue weighted by Crippen LogP contribution is 2.20. The molecule has 1 amide bonds. The molecule has 1 aromatic rings. The number of ether oxygens (including phenoxy) is 1. The van der Waals surface area contributed by atoms with Crippen LogP contribution in [0.2, 0.25) is 0 Å². The fraction of sp³-hybridized carbons (Fsp3) is 0.611. The highest BCUT2D eigenvalue weighted by molar-refractivity contribution is 7.89. The Labute approximate surface area is 150 Å². The Kier molecular flexibility index (Phi) is 6.59. The molecule has 1 atom stereocenters. The van der Waals surface area contributed by atoms with E-state index in [4.69, 9.17) is 4.74 Å². The molecule has 25 heavy (non-hydrogen) atoms. The van der Waals surface area contributed by atoms with Gasteiger partial charge in [-0.15, -0.1) is 0 Å². The van der Waals surface area contributed by atoms with E-state index in [2.05, 4.69) is 13.8 Å². The summed E-state index contributed by atoms with van der Waals surface area (Å²) in [7, 11) is -1.84. The van der Waals surface area contributed by atoms with Crippen LogP contribution in [0, 0.1) is 5.92 Å². The molecule has 1 fully saturated rings. The van der Waals surface area contributed by atoms with Crippen molar-refractivity contribution < 1.29 is 17.9 Å². The van der Waals surface area contributed by atoms with Crippen molar-refractivity contribution in [1.29, 1.82) is 0 Å². The van der Waals surface area contributed by atoms with E-state index in [1.54, 1.807) is 30.1 Å². The summed E-state index contributed by atoms with van der Waals surface area (Å²) in [5.41, 5.74) is 0.396. The van der Waals surface area contributed by atoms with E-state index in [1.807, 2.05) is 6.92 Å². The summed E-state index contributed by atoms with van der Waals surface area (Å²) < 4.78 is 32.1. The molecule has 0 unspecified atom stereocenters. The van der Waals surface area contributed by atoms with Crippen LogP contribution < -0.4 is 0 Å². The van der Waals surface area contributed by atoms with Crippen LogP contribution in [0.3, 0.4) is 0 Å². The van der Waals surface area contributed by atoms with Crippen LogP contribution in [0.15, 0.2) is 29.2 Å². The highest BCUT2D eigenvalue weighted by atomic mass is 32.2. The molecule has 140 valence electrons. The molecule has 1 saturated heterocycles. The molecule has 6 nitrogen and oxygen atoms in total. The Hall–Kier alpha value is -1.44. The van der Waals surface area contributed by atoms with E-state index in [0.29, 0.717) is 37.8 Å². The zero-order chi connectivity index (χ0) is 18.6. The maximum atomic E-state index is 12.8. The number of carbonyl (C=O) groups excluding carboxylic acids is 1. The summed E-state index contributed by atoms with van der Waals surface area (Å²) in [6.45, 7) is 7.71. The lowest BCUT2D eigenvalue weighted by Crippen LogP contribution is -2.40. The van der Waals surface area contributed by atoms with E-state index in [0.717, 1.165) is 6.42 Å². The molecule has 0 aliphatic carbocycles. The zero-order valence-electron chi connectivity index (χ0n) is 15.4. The maximum Gasteiger partial charge on any atom is 0.253 e. The van der Waals surface area contributed by atoms with Gasteiger partial charge in [0, 0.05) is 31.7 Å². The van der Waals surface area contributed by atoms with Gasteiger partial charge in [0.25, 0.3) is 5.91 Å². The van der Waals surface area contributed by atoms with Crippen LogP contribution in [0.25, 0.3) is 0 Å². The Morgan fingerprint density at radius 1 is 1.24 bits per heavy atom. The van der Waals surface area contributed by atoms with Crippen molar-refractivity contribution in [2.45, 2.75) is 38.1 Å². The zero-order valence-corrected chi connectivity index (χ0v) is 16.3. The van der Waals surface area contributed by atoms with Crippen molar-refractivity contribution in [3.8, 4) is 0 Å². The van der Waals surface area contributed by atoms with E-state index >= 15 is 0 Å². The second-order valence-electron chi connectivity index (χ2n) is 6.94. The van der Waals surface area contributed by atoms with Gasteiger partial charge in [0.1, 0.15) is 0 Å². The van der Waals surface area contributed by atoms with Gasteiger partial charge in [-0.3, -0.25) is 4.79 Å². The third-order valence-corrected chi connectivity index (χ3v) is 6.38. The van der Waals surface area contributed by atoms with Gasteiger partial charge in [-0.05, 0) is 37.5 Å². The van der Waals surface area contributed by atoms with E-state index in [-0.39, 0.29) is 16.8 Å². The van der Waals surface area contributed by atoms with E-state index in [9.17, 15) is 13.2 Å². The Morgan fingerprint density at radius 3 is 2.48 bits per heavy atom. The smallest absolute Gasteiger partial charge is 0.253 e. The van der Waals surface area contributed by atoms with Gasteiger partial charge in [-0.1, -0.05) is 19.9 Å². The predicted molar refractivity (Wildman–Crippen MR) is 97.0 cm³/mol. The lowest BCUT2D eigenvalue weighted by molar-refractivity contribution is 0.0724. The van der Waals surface area contributed by atoms with Gasteiger partial charge in [0.15, 0.2) is 0 Å². The standard InChI is InChI=1S/C18H28N2O4S/c1-14(2)12-15(3)19(4)18(21)16-6-5-7-17(13-16)25(22,23)20-8-10-24-11-9-20/h5-7,13-15H,8-12H2,1-4H3/t15-/m1/s1.